The lowest BCUT2D eigenvalue weighted by Crippen LogP contribution is -2.40. The third-order valence-corrected chi connectivity index (χ3v) is 4.01. The molecular formula is C13H25NO. The number of rotatable bonds is 4. The van der Waals surface area contributed by atoms with Crippen molar-refractivity contribution < 1.29 is 4.74 Å². The van der Waals surface area contributed by atoms with Crippen LogP contribution in [-0.2, 0) is 4.74 Å². The van der Waals surface area contributed by atoms with Crippen molar-refractivity contribution in [3.8, 4) is 0 Å². The number of hydrogen-bond donors (Lipinski definition) is 0. The SMILES string of the molecule is CCC(CC1CCOC1)N1CCCCC1. The molecule has 2 fully saturated rings. The van der Waals surface area contributed by atoms with Crippen LogP contribution in [-0.4, -0.2) is 37.2 Å². The van der Waals surface area contributed by atoms with Crippen molar-refractivity contribution in [2.24, 2.45) is 5.92 Å². The van der Waals surface area contributed by atoms with Crippen LogP contribution in [0.25, 0.3) is 0 Å². The Labute approximate surface area is 94.0 Å². The van der Waals surface area contributed by atoms with Gasteiger partial charge in [-0.3, -0.25) is 0 Å². The van der Waals surface area contributed by atoms with Gasteiger partial charge in [-0.1, -0.05) is 13.3 Å². The first-order valence-corrected chi connectivity index (χ1v) is 6.72. The van der Waals surface area contributed by atoms with Crippen LogP contribution in [0.2, 0.25) is 0 Å². The van der Waals surface area contributed by atoms with Gasteiger partial charge >= 0.3 is 0 Å². The van der Waals surface area contributed by atoms with Crippen LogP contribution in [0.5, 0.6) is 0 Å². The Morgan fingerprint density at radius 1 is 1.27 bits per heavy atom. The predicted octanol–water partition coefficient (Wildman–Crippen LogP) is 2.68. The van der Waals surface area contributed by atoms with E-state index in [1.807, 2.05) is 0 Å². The highest BCUT2D eigenvalue weighted by Crippen LogP contribution is 2.24. The van der Waals surface area contributed by atoms with Crippen LogP contribution in [0.3, 0.4) is 0 Å². The fourth-order valence-electron chi connectivity index (χ4n) is 3.01. The van der Waals surface area contributed by atoms with Gasteiger partial charge in [0.1, 0.15) is 0 Å². The first kappa shape index (κ1) is 11.4. The molecule has 0 aromatic rings. The molecule has 2 heteroatoms. The van der Waals surface area contributed by atoms with Gasteiger partial charge in [-0.2, -0.15) is 0 Å². The van der Waals surface area contributed by atoms with E-state index in [0.717, 1.165) is 25.2 Å². The van der Waals surface area contributed by atoms with E-state index in [1.54, 1.807) is 0 Å². The van der Waals surface area contributed by atoms with E-state index in [1.165, 1.54) is 51.6 Å². The van der Waals surface area contributed by atoms with Crippen LogP contribution in [0.4, 0.5) is 0 Å². The average Bonchev–Trinajstić information content (AvgIpc) is 2.80. The van der Waals surface area contributed by atoms with Crippen LogP contribution in [0.15, 0.2) is 0 Å². The van der Waals surface area contributed by atoms with E-state index in [9.17, 15) is 0 Å². The average molecular weight is 211 g/mol. The first-order chi connectivity index (χ1) is 7.40. The quantitative estimate of drug-likeness (QED) is 0.709. The van der Waals surface area contributed by atoms with Crippen LogP contribution in [0.1, 0.15) is 45.4 Å². The molecule has 0 N–H and O–H groups in total. The van der Waals surface area contributed by atoms with Gasteiger partial charge in [0.15, 0.2) is 0 Å². The summed E-state index contributed by atoms with van der Waals surface area (Å²) in [6.07, 6.45) is 8.26. The van der Waals surface area contributed by atoms with Crippen LogP contribution < -0.4 is 0 Å². The zero-order valence-corrected chi connectivity index (χ0v) is 10.1. The van der Waals surface area contributed by atoms with Crippen molar-refractivity contribution in [1.29, 1.82) is 0 Å². The van der Waals surface area contributed by atoms with E-state index in [2.05, 4.69) is 11.8 Å². The first-order valence-electron chi connectivity index (χ1n) is 6.72. The van der Waals surface area contributed by atoms with Crippen molar-refractivity contribution in [1.82, 2.24) is 4.90 Å². The molecule has 0 radical (unpaired) electrons. The molecule has 0 aromatic carbocycles. The second-order valence-corrected chi connectivity index (χ2v) is 5.12. The summed E-state index contributed by atoms with van der Waals surface area (Å²) in [5.74, 6) is 0.844. The van der Waals surface area contributed by atoms with E-state index in [-0.39, 0.29) is 0 Å². The molecule has 0 aliphatic carbocycles. The Kier molecular flexibility index (Phi) is 4.45. The van der Waals surface area contributed by atoms with E-state index < -0.39 is 0 Å². The van der Waals surface area contributed by atoms with Crippen molar-refractivity contribution in [2.45, 2.75) is 51.5 Å². The molecule has 88 valence electrons. The van der Waals surface area contributed by atoms with E-state index in [4.69, 9.17) is 4.74 Å². The fourth-order valence-corrected chi connectivity index (χ4v) is 3.01. The molecule has 2 saturated heterocycles. The molecular weight excluding hydrogens is 186 g/mol. The maximum Gasteiger partial charge on any atom is 0.0495 e. The second-order valence-electron chi connectivity index (χ2n) is 5.12. The lowest BCUT2D eigenvalue weighted by molar-refractivity contribution is 0.127. The molecule has 2 unspecified atom stereocenters. The number of ether oxygens (including phenoxy) is 1. The Balaban J connectivity index is 1.79. The molecule has 2 aliphatic rings. The van der Waals surface area contributed by atoms with Gasteiger partial charge in [0, 0.05) is 19.3 Å². The van der Waals surface area contributed by atoms with Crippen molar-refractivity contribution in [3.05, 3.63) is 0 Å². The maximum atomic E-state index is 5.47. The highest BCUT2D eigenvalue weighted by molar-refractivity contribution is 4.78. The summed E-state index contributed by atoms with van der Waals surface area (Å²) in [5, 5.41) is 0. The van der Waals surface area contributed by atoms with Crippen LogP contribution in [0, 0.1) is 5.92 Å². The Morgan fingerprint density at radius 2 is 2.07 bits per heavy atom. The van der Waals surface area contributed by atoms with Gasteiger partial charge < -0.3 is 9.64 Å². The highest BCUT2D eigenvalue weighted by atomic mass is 16.5. The van der Waals surface area contributed by atoms with Crippen molar-refractivity contribution in [2.75, 3.05) is 26.3 Å². The number of hydrogen-bond acceptors (Lipinski definition) is 2. The zero-order valence-electron chi connectivity index (χ0n) is 10.1. The minimum atomic E-state index is 0.831. The zero-order chi connectivity index (χ0) is 10.5. The summed E-state index contributed by atoms with van der Waals surface area (Å²) in [6.45, 7) is 7.04. The predicted molar refractivity (Wildman–Crippen MR) is 63.0 cm³/mol. The lowest BCUT2D eigenvalue weighted by atomic mass is 9.95. The second kappa shape index (κ2) is 5.86. The molecule has 2 aliphatic heterocycles. The third-order valence-electron chi connectivity index (χ3n) is 4.01. The molecule has 0 saturated carbocycles. The van der Waals surface area contributed by atoms with Gasteiger partial charge in [0.25, 0.3) is 0 Å². The number of likely N-dealkylation sites (tertiary alicyclic amines) is 1. The third kappa shape index (κ3) is 3.18. The summed E-state index contributed by atoms with van der Waals surface area (Å²) in [7, 11) is 0. The van der Waals surface area contributed by atoms with Crippen molar-refractivity contribution >= 4 is 0 Å². The van der Waals surface area contributed by atoms with Gasteiger partial charge in [0.05, 0.1) is 0 Å². The highest BCUT2D eigenvalue weighted by Gasteiger charge is 2.24. The molecule has 0 bridgehead atoms. The molecule has 2 nitrogen and oxygen atoms in total. The maximum absolute atomic E-state index is 5.47. The summed E-state index contributed by atoms with van der Waals surface area (Å²) < 4.78 is 5.47. The fraction of sp³-hybridized carbons (Fsp3) is 1.00. The summed E-state index contributed by atoms with van der Waals surface area (Å²) in [5.41, 5.74) is 0. The Morgan fingerprint density at radius 3 is 2.67 bits per heavy atom. The largest absolute Gasteiger partial charge is 0.381 e. The molecule has 0 amide bonds. The molecule has 2 rings (SSSR count). The van der Waals surface area contributed by atoms with Crippen molar-refractivity contribution in [3.63, 3.8) is 0 Å². The molecule has 2 atom stereocenters. The normalized spacial score (nSPS) is 30.6. The van der Waals surface area contributed by atoms with Gasteiger partial charge in [-0.15, -0.1) is 0 Å². The molecule has 2 heterocycles. The van der Waals surface area contributed by atoms with Crippen LogP contribution >= 0.6 is 0 Å². The van der Waals surface area contributed by atoms with Gasteiger partial charge in [-0.25, -0.2) is 0 Å². The molecule has 15 heavy (non-hydrogen) atoms. The van der Waals surface area contributed by atoms with E-state index in [0.29, 0.717) is 0 Å². The monoisotopic (exact) mass is 211 g/mol. The standard InChI is InChI=1S/C13H25NO/c1-2-13(10-12-6-9-15-11-12)14-7-4-3-5-8-14/h12-13H,2-11H2,1H3. The van der Waals surface area contributed by atoms with Gasteiger partial charge in [-0.05, 0) is 51.1 Å². The minimum Gasteiger partial charge on any atom is -0.381 e. The Hall–Kier alpha value is -0.0800. The molecule has 0 spiro atoms. The lowest BCUT2D eigenvalue weighted by Gasteiger charge is -2.35. The number of piperidine rings is 1. The Bertz CT molecular complexity index is 171. The number of nitrogens with zero attached hydrogens (tertiary/aromatic N) is 1. The van der Waals surface area contributed by atoms with E-state index >= 15 is 0 Å². The summed E-state index contributed by atoms with van der Waals surface area (Å²) in [4.78, 5) is 2.72. The summed E-state index contributed by atoms with van der Waals surface area (Å²) in [6, 6.07) is 0.831. The van der Waals surface area contributed by atoms with Gasteiger partial charge in [0.2, 0.25) is 0 Å². The topological polar surface area (TPSA) is 12.5 Å². The molecule has 0 aromatic heterocycles. The summed E-state index contributed by atoms with van der Waals surface area (Å²) >= 11 is 0. The minimum absolute atomic E-state index is 0.831. The smallest absolute Gasteiger partial charge is 0.0495 e.